The molecule has 0 aliphatic heterocycles. The number of rotatable bonds is 7. The summed E-state index contributed by atoms with van der Waals surface area (Å²) in [7, 11) is 0. The quantitative estimate of drug-likeness (QED) is 0.535. The fraction of sp³-hybridized carbons (Fsp3) is 0.250. The van der Waals surface area contributed by atoms with Gasteiger partial charge >= 0.3 is 6.18 Å². The van der Waals surface area contributed by atoms with Crippen molar-refractivity contribution in [3.63, 3.8) is 0 Å². The van der Waals surface area contributed by atoms with Crippen LogP contribution in [0.3, 0.4) is 0 Å². The number of carbonyl (C=O) groups excluding carboxylic acids is 1. The van der Waals surface area contributed by atoms with Crippen LogP contribution in [0.4, 0.5) is 13.2 Å². The van der Waals surface area contributed by atoms with Crippen LogP contribution in [0.15, 0.2) is 60.7 Å². The minimum atomic E-state index is -4.69. The number of amides is 1. The van der Waals surface area contributed by atoms with Crippen LogP contribution in [0.2, 0.25) is 0 Å². The molecule has 0 bridgehead atoms. The van der Waals surface area contributed by atoms with Gasteiger partial charge in [0.05, 0.1) is 17.2 Å². The van der Waals surface area contributed by atoms with Crippen molar-refractivity contribution in [1.82, 2.24) is 5.32 Å². The van der Waals surface area contributed by atoms with Crippen molar-refractivity contribution in [2.75, 3.05) is 0 Å². The molecule has 1 amide bonds. The molecule has 4 nitrogen and oxygen atoms in total. The number of nitriles is 1. The van der Waals surface area contributed by atoms with Crippen molar-refractivity contribution in [2.24, 2.45) is 0 Å². The van der Waals surface area contributed by atoms with E-state index in [1.165, 1.54) is 12.1 Å². The molecule has 3 aromatic rings. The third kappa shape index (κ3) is 5.34. The molecule has 0 spiro atoms. The van der Waals surface area contributed by atoms with Crippen LogP contribution < -0.4 is 10.1 Å². The number of carbonyl (C=O) groups is 1. The molecule has 7 heteroatoms. The molecule has 31 heavy (non-hydrogen) atoms. The Morgan fingerprint density at radius 2 is 1.87 bits per heavy atom. The highest BCUT2D eigenvalue weighted by Crippen LogP contribution is 2.34. The van der Waals surface area contributed by atoms with Gasteiger partial charge in [0.1, 0.15) is 5.75 Å². The fourth-order valence-electron chi connectivity index (χ4n) is 3.34. The summed E-state index contributed by atoms with van der Waals surface area (Å²) >= 11 is 0. The number of hydrogen-bond donors (Lipinski definition) is 1. The number of halogens is 3. The second-order valence-electron chi connectivity index (χ2n) is 7.07. The first kappa shape index (κ1) is 22.2. The van der Waals surface area contributed by atoms with Gasteiger partial charge < -0.3 is 10.1 Å². The Balaban J connectivity index is 1.76. The molecule has 1 N–H and O–H groups in total. The molecule has 1 unspecified atom stereocenters. The van der Waals surface area contributed by atoms with E-state index in [2.05, 4.69) is 5.32 Å². The second kappa shape index (κ2) is 9.52. The first-order valence-electron chi connectivity index (χ1n) is 9.86. The lowest BCUT2D eigenvalue weighted by Gasteiger charge is -2.20. The van der Waals surface area contributed by atoms with Gasteiger partial charge in [-0.3, -0.25) is 4.79 Å². The van der Waals surface area contributed by atoms with E-state index in [9.17, 15) is 18.0 Å². The molecular formula is C24H21F3N2O2. The molecule has 0 heterocycles. The standard InChI is InChI=1S/C24H21F3N2O2/c1-2-6-22(31-19-12-11-17(14-28)21(13-19)24(25,26)27)23(30)29-15-18-9-5-8-16-7-3-4-10-20(16)18/h3-5,7-13,22H,2,6,15H2,1H3,(H,29,30). The molecule has 1 atom stereocenters. The Bertz CT molecular complexity index is 1110. The van der Waals surface area contributed by atoms with Crippen LogP contribution in [0.5, 0.6) is 5.75 Å². The monoisotopic (exact) mass is 426 g/mol. The number of hydrogen-bond acceptors (Lipinski definition) is 3. The molecule has 0 radical (unpaired) electrons. The second-order valence-corrected chi connectivity index (χ2v) is 7.07. The topological polar surface area (TPSA) is 62.1 Å². The summed E-state index contributed by atoms with van der Waals surface area (Å²) in [6.45, 7) is 2.12. The zero-order valence-electron chi connectivity index (χ0n) is 16.9. The number of alkyl halides is 3. The van der Waals surface area contributed by atoms with Gasteiger partial charge in [0.15, 0.2) is 6.10 Å². The summed E-state index contributed by atoms with van der Waals surface area (Å²) in [5.41, 5.74) is -0.648. The summed E-state index contributed by atoms with van der Waals surface area (Å²) < 4.78 is 45.2. The predicted octanol–water partition coefficient (Wildman–Crippen LogP) is 5.59. The van der Waals surface area contributed by atoms with Crippen molar-refractivity contribution in [3.8, 4) is 11.8 Å². The maximum atomic E-state index is 13.2. The Hall–Kier alpha value is -3.53. The number of ether oxygens (including phenoxy) is 1. The zero-order valence-corrected chi connectivity index (χ0v) is 16.9. The van der Waals surface area contributed by atoms with Gasteiger partial charge in [0.25, 0.3) is 5.91 Å². The molecule has 3 aromatic carbocycles. The van der Waals surface area contributed by atoms with Crippen molar-refractivity contribution in [3.05, 3.63) is 77.4 Å². The average molecular weight is 426 g/mol. The van der Waals surface area contributed by atoms with Crippen LogP contribution in [0.1, 0.15) is 36.5 Å². The Morgan fingerprint density at radius 1 is 1.13 bits per heavy atom. The largest absolute Gasteiger partial charge is 0.481 e. The highest BCUT2D eigenvalue weighted by atomic mass is 19.4. The molecular weight excluding hydrogens is 405 g/mol. The van der Waals surface area contributed by atoms with E-state index in [1.54, 1.807) is 0 Å². The van der Waals surface area contributed by atoms with E-state index in [0.717, 1.165) is 28.5 Å². The molecule has 0 aliphatic rings. The number of nitrogens with zero attached hydrogens (tertiary/aromatic N) is 1. The van der Waals surface area contributed by atoms with Crippen LogP contribution in [0.25, 0.3) is 10.8 Å². The third-order valence-corrected chi connectivity index (χ3v) is 4.87. The van der Waals surface area contributed by atoms with Crippen molar-refractivity contribution in [2.45, 2.75) is 38.6 Å². The van der Waals surface area contributed by atoms with Gasteiger partial charge in [-0.15, -0.1) is 0 Å². The van der Waals surface area contributed by atoms with Gasteiger partial charge in [0.2, 0.25) is 0 Å². The van der Waals surface area contributed by atoms with E-state index < -0.39 is 29.3 Å². The van der Waals surface area contributed by atoms with Gasteiger partial charge in [-0.25, -0.2) is 0 Å². The SMILES string of the molecule is CCCC(Oc1ccc(C#N)c(C(F)(F)F)c1)C(=O)NCc1cccc2ccccc12. The van der Waals surface area contributed by atoms with Gasteiger partial charge in [0, 0.05) is 6.54 Å². The first-order chi connectivity index (χ1) is 14.8. The minimum Gasteiger partial charge on any atom is -0.481 e. The average Bonchev–Trinajstić information content (AvgIpc) is 2.76. The predicted molar refractivity (Wildman–Crippen MR) is 111 cm³/mol. The fourth-order valence-corrected chi connectivity index (χ4v) is 3.34. The summed E-state index contributed by atoms with van der Waals surface area (Å²) in [6.07, 6.45) is -4.70. The lowest BCUT2D eigenvalue weighted by molar-refractivity contribution is -0.137. The molecule has 160 valence electrons. The molecule has 0 saturated heterocycles. The van der Waals surface area contributed by atoms with Crippen LogP contribution in [0, 0.1) is 11.3 Å². The van der Waals surface area contributed by atoms with Crippen molar-refractivity contribution in [1.29, 1.82) is 5.26 Å². The highest BCUT2D eigenvalue weighted by molar-refractivity contribution is 5.86. The number of fused-ring (bicyclic) bond motifs is 1. The lowest BCUT2D eigenvalue weighted by Crippen LogP contribution is -2.38. The first-order valence-corrected chi connectivity index (χ1v) is 9.86. The summed E-state index contributed by atoms with van der Waals surface area (Å²) in [4.78, 5) is 12.7. The van der Waals surface area contributed by atoms with Crippen molar-refractivity contribution >= 4 is 16.7 Å². The third-order valence-electron chi connectivity index (χ3n) is 4.87. The van der Waals surface area contributed by atoms with Crippen LogP contribution >= 0.6 is 0 Å². The Labute approximate surface area is 178 Å². The summed E-state index contributed by atoms with van der Waals surface area (Å²) in [5.74, 6) is -0.516. The summed E-state index contributed by atoms with van der Waals surface area (Å²) in [6, 6.07) is 18.2. The maximum Gasteiger partial charge on any atom is 0.417 e. The van der Waals surface area contributed by atoms with E-state index >= 15 is 0 Å². The molecule has 0 aromatic heterocycles. The Morgan fingerprint density at radius 3 is 2.58 bits per heavy atom. The normalized spacial score (nSPS) is 12.2. The van der Waals surface area contributed by atoms with Gasteiger partial charge in [-0.1, -0.05) is 55.8 Å². The van der Waals surface area contributed by atoms with Crippen LogP contribution in [-0.2, 0) is 17.5 Å². The molecule has 0 saturated carbocycles. The molecule has 3 rings (SSSR count). The van der Waals surface area contributed by atoms with E-state index in [4.69, 9.17) is 10.00 Å². The zero-order chi connectivity index (χ0) is 22.4. The van der Waals surface area contributed by atoms with E-state index in [-0.39, 0.29) is 12.3 Å². The van der Waals surface area contributed by atoms with Gasteiger partial charge in [-0.2, -0.15) is 18.4 Å². The lowest BCUT2D eigenvalue weighted by atomic mass is 10.0. The Kier molecular flexibility index (Phi) is 6.81. The highest BCUT2D eigenvalue weighted by Gasteiger charge is 2.34. The van der Waals surface area contributed by atoms with E-state index in [1.807, 2.05) is 49.4 Å². The smallest absolute Gasteiger partial charge is 0.417 e. The number of nitrogens with one attached hydrogen (secondary N) is 1. The van der Waals surface area contributed by atoms with E-state index in [0.29, 0.717) is 12.8 Å². The molecule has 0 aliphatic carbocycles. The van der Waals surface area contributed by atoms with Gasteiger partial charge in [-0.05, 0) is 41.0 Å². The summed E-state index contributed by atoms with van der Waals surface area (Å²) in [5, 5.41) is 13.8. The minimum absolute atomic E-state index is 0.106. The number of benzene rings is 3. The molecule has 0 fully saturated rings. The van der Waals surface area contributed by atoms with Crippen molar-refractivity contribution < 1.29 is 22.7 Å². The maximum absolute atomic E-state index is 13.2. The van der Waals surface area contributed by atoms with Crippen LogP contribution in [-0.4, -0.2) is 12.0 Å².